The molecule has 4 heterocycles. The SMILES string of the molecule is CCOc1ccc2[nH]c3c(c2c1)C[C@@]1(C)C(=O)N(CCN2CCCCC2)C(=O)N1[C@@H]3C1C=CC=CC1. The van der Waals surface area contributed by atoms with Gasteiger partial charge in [-0.3, -0.25) is 9.69 Å². The third-order valence-electron chi connectivity index (χ3n) is 8.50. The number of likely N-dealkylation sites (tertiary alicyclic amines) is 1. The van der Waals surface area contributed by atoms with Gasteiger partial charge in [0.25, 0.3) is 5.91 Å². The summed E-state index contributed by atoms with van der Waals surface area (Å²) in [6, 6.07) is 5.74. The molecule has 2 aromatic rings. The number of carbonyl (C=O) groups excluding carboxylic acids is 2. The molecular formula is C29H36N4O3. The predicted octanol–water partition coefficient (Wildman–Crippen LogP) is 4.80. The average Bonchev–Trinajstić information content (AvgIpc) is 3.34. The first-order chi connectivity index (χ1) is 17.5. The lowest BCUT2D eigenvalue weighted by atomic mass is 9.78. The number of carbonyl (C=O) groups is 2. The van der Waals surface area contributed by atoms with Crippen LogP contribution in [-0.4, -0.2) is 69.9 Å². The Morgan fingerprint density at radius 2 is 1.94 bits per heavy atom. The van der Waals surface area contributed by atoms with Crippen LogP contribution in [0.2, 0.25) is 0 Å². The van der Waals surface area contributed by atoms with Crippen LogP contribution >= 0.6 is 0 Å². The Morgan fingerprint density at radius 3 is 2.69 bits per heavy atom. The van der Waals surface area contributed by atoms with Gasteiger partial charge in [-0.2, -0.15) is 0 Å². The van der Waals surface area contributed by atoms with Crippen LogP contribution in [-0.2, 0) is 11.2 Å². The minimum absolute atomic E-state index is 0.0641. The highest BCUT2D eigenvalue weighted by Gasteiger charge is 2.60. The highest BCUT2D eigenvalue weighted by molar-refractivity contribution is 6.08. The van der Waals surface area contributed by atoms with E-state index < -0.39 is 5.54 Å². The van der Waals surface area contributed by atoms with Gasteiger partial charge in [0.1, 0.15) is 11.3 Å². The van der Waals surface area contributed by atoms with E-state index in [1.165, 1.54) is 24.2 Å². The summed E-state index contributed by atoms with van der Waals surface area (Å²) in [6.45, 7) is 7.87. The molecule has 0 spiro atoms. The summed E-state index contributed by atoms with van der Waals surface area (Å²) in [5.41, 5.74) is 2.32. The molecule has 190 valence electrons. The number of urea groups is 1. The highest BCUT2D eigenvalue weighted by atomic mass is 16.5. The largest absolute Gasteiger partial charge is 0.494 e. The van der Waals surface area contributed by atoms with E-state index in [-0.39, 0.29) is 23.9 Å². The van der Waals surface area contributed by atoms with E-state index in [1.807, 2.05) is 30.9 Å². The predicted molar refractivity (Wildman–Crippen MR) is 140 cm³/mol. The van der Waals surface area contributed by atoms with Crippen LogP contribution < -0.4 is 4.74 Å². The average molecular weight is 489 g/mol. The standard InChI is InChI=1S/C29H36N4O3/c1-3-36-21-12-13-24-22(18-21)23-19-29(2)27(34)32(17-16-31-14-8-5-9-15-31)28(35)33(29)26(25(23)30-24)20-10-6-4-7-11-20/h4,6-7,10,12-13,18,20,26,30H,3,5,8-9,11,14-17,19H2,1-2H3/t20?,26-,29+/m1/s1. The topological polar surface area (TPSA) is 68.9 Å². The van der Waals surface area contributed by atoms with Crippen molar-refractivity contribution < 1.29 is 14.3 Å². The fraction of sp³-hybridized carbons (Fsp3) is 0.517. The van der Waals surface area contributed by atoms with Gasteiger partial charge in [-0.15, -0.1) is 0 Å². The molecule has 1 aliphatic carbocycles. The van der Waals surface area contributed by atoms with Crippen LogP contribution in [0.5, 0.6) is 5.75 Å². The number of nitrogens with zero attached hydrogens (tertiary/aromatic N) is 3. The molecule has 0 radical (unpaired) electrons. The number of piperidine rings is 1. The lowest BCUT2D eigenvalue weighted by Gasteiger charge is -2.45. The molecule has 1 unspecified atom stereocenters. The molecule has 0 saturated carbocycles. The Balaban J connectivity index is 1.40. The van der Waals surface area contributed by atoms with Crippen LogP contribution in [0.25, 0.3) is 10.9 Å². The Bertz CT molecular complexity index is 1240. The second-order valence-electron chi connectivity index (χ2n) is 10.8. The van der Waals surface area contributed by atoms with E-state index in [1.54, 1.807) is 0 Å². The molecule has 0 bridgehead atoms. The molecule has 3 amide bonds. The molecule has 3 aliphatic heterocycles. The number of amides is 3. The van der Waals surface area contributed by atoms with Gasteiger partial charge in [-0.05, 0) is 70.0 Å². The molecule has 2 fully saturated rings. The van der Waals surface area contributed by atoms with Gasteiger partial charge in [0.05, 0.1) is 12.6 Å². The van der Waals surface area contributed by atoms with Crippen molar-refractivity contribution in [3.8, 4) is 5.75 Å². The summed E-state index contributed by atoms with van der Waals surface area (Å²) >= 11 is 0. The minimum Gasteiger partial charge on any atom is -0.494 e. The van der Waals surface area contributed by atoms with E-state index in [4.69, 9.17) is 4.74 Å². The molecule has 7 heteroatoms. The Hall–Kier alpha value is -3.06. The van der Waals surface area contributed by atoms with E-state index >= 15 is 0 Å². The number of nitrogens with one attached hydrogen (secondary N) is 1. The molecule has 1 aromatic heterocycles. The summed E-state index contributed by atoms with van der Waals surface area (Å²) in [6.07, 6.45) is 13.5. The van der Waals surface area contributed by atoms with Crippen LogP contribution in [0.1, 0.15) is 56.8 Å². The molecule has 1 aromatic carbocycles. The molecule has 4 aliphatic rings. The zero-order valence-corrected chi connectivity index (χ0v) is 21.3. The third-order valence-corrected chi connectivity index (χ3v) is 8.50. The summed E-state index contributed by atoms with van der Waals surface area (Å²) < 4.78 is 5.80. The first kappa shape index (κ1) is 23.3. The number of aromatic nitrogens is 1. The van der Waals surface area contributed by atoms with Crippen molar-refractivity contribution in [1.29, 1.82) is 0 Å². The Morgan fingerprint density at radius 1 is 1.11 bits per heavy atom. The van der Waals surface area contributed by atoms with Gasteiger partial charge < -0.3 is 19.5 Å². The highest BCUT2D eigenvalue weighted by Crippen LogP contribution is 2.50. The maximum absolute atomic E-state index is 14.0. The minimum atomic E-state index is -0.900. The number of hydrogen-bond donors (Lipinski definition) is 1. The molecule has 3 atom stereocenters. The van der Waals surface area contributed by atoms with Gasteiger partial charge >= 0.3 is 6.03 Å². The van der Waals surface area contributed by atoms with Gasteiger partial charge in [0.15, 0.2) is 0 Å². The normalized spacial score (nSPS) is 28.2. The molecule has 36 heavy (non-hydrogen) atoms. The van der Waals surface area contributed by atoms with Crippen molar-refractivity contribution in [2.75, 3.05) is 32.8 Å². The molecule has 1 N–H and O–H groups in total. The lowest BCUT2D eigenvalue weighted by Crippen LogP contribution is -2.54. The van der Waals surface area contributed by atoms with Gasteiger partial charge in [-0.25, -0.2) is 4.79 Å². The molecule has 2 saturated heterocycles. The number of benzene rings is 1. The number of imide groups is 1. The van der Waals surface area contributed by atoms with Crippen LogP contribution in [0.15, 0.2) is 42.5 Å². The summed E-state index contributed by atoms with van der Waals surface area (Å²) in [5.74, 6) is 0.866. The smallest absolute Gasteiger partial charge is 0.328 e. The number of rotatable bonds is 6. The number of H-pyrrole nitrogens is 1. The summed E-state index contributed by atoms with van der Waals surface area (Å²) in [7, 11) is 0. The molecular weight excluding hydrogens is 452 g/mol. The fourth-order valence-electron chi connectivity index (χ4n) is 6.69. The zero-order valence-electron chi connectivity index (χ0n) is 21.3. The second kappa shape index (κ2) is 9.11. The van der Waals surface area contributed by atoms with Crippen LogP contribution in [0.3, 0.4) is 0 Å². The van der Waals surface area contributed by atoms with Crippen LogP contribution in [0.4, 0.5) is 4.79 Å². The van der Waals surface area contributed by atoms with Crippen molar-refractivity contribution in [3.05, 3.63) is 53.8 Å². The summed E-state index contributed by atoms with van der Waals surface area (Å²) in [5, 5.41) is 1.09. The second-order valence-corrected chi connectivity index (χ2v) is 10.8. The fourth-order valence-corrected chi connectivity index (χ4v) is 6.69. The maximum atomic E-state index is 14.0. The zero-order chi connectivity index (χ0) is 24.9. The number of aromatic amines is 1. The van der Waals surface area contributed by atoms with Crippen molar-refractivity contribution in [3.63, 3.8) is 0 Å². The van der Waals surface area contributed by atoms with Gasteiger partial charge in [-0.1, -0.05) is 30.7 Å². The number of hydrogen-bond acceptors (Lipinski definition) is 4. The van der Waals surface area contributed by atoms with Gasteiger partial charge in [0, 0.05) is 42.0 Å². The van der Waals surface area contributed by atoms with Crippen molar-refractivity contribution in [2.24, 2.45) is 5.92 Å². The first-order valence-electron chi connectivity index (χ1n) is 13.5. The van der Waals surface area contributed by atoms with E-state index in [0.717, 1.165) is 54.0 Å². The third kappa shape index (κ3) is 3.67. The lowest BCUT2D eigenvalue weighted by molar-refractivity contribution is -0.133. The van der Waals surface area contributed by atoms with Crippen LogP contribution in [0, 0.1) is 5.92 Å². The van der Waals surface area contributed by atoms with Crippen molar-refractivity contribution in [2.45, 2.75) is 57.5 Å². The van der Waals surface area contributed by atoms with Gasteiger partial charge in [0.2, 0.25) is 0 Å². The first-order valence-corrected chi connectivity index (χ1v) is 13.5. The van der Waals surface area contributed by atoms with Crippen molar-refractivity contribution >= 4 is 22.8 Å². The molecule has 6 rings (SSSR count). The van der Waals surface area contributed by atoms with E-state index in [9.17, 15) is 9.59 Å². The number of ether oxygens (including phenoxy) is 1. The monoisotopic (exact) mass is 488 g/mol. The van der Waals surface area contributed by atoms with E-state index in [2.05, 4.69) is 40.3 Å². The Kier molecular flexibility index (Phi) is 5.91. The summed E-state index contributed by atoms with van der Waals surface area (Å²) in [4.78, 5) is 37.4. The van der Waals surface area contributed by atoms with Crippen molar-refractivity contribution in [1.82, 2.24) is 19.7 Å². The van der Waals surface area contributed by atoms with E-state index in [0.29, 0.717) is 19.6 Å². The number of fused-ring (bicyclic) bond motifs is 4. The Labute approximate surface area is 212 Å². The molecule has 7 nitrogen and oxygen atoms in total. The number of allylic oxidation sites excluding steroid dienone is 3. The maximum Gasteiger partial charge on any atom is 0.328 e. The quantitative estimate of drug-likeness (QED) is 0.593.